The van der Waals surface area contributed by atoms with E-state index in [1.807, 2.05) is 12.1 Å². The Morgan fingerprint density at radius 3 is 2.58 bits per heavy atom. The maximum atomic E-state index is 6.35. The molecule has 102 valence electrons. The summed E-state index contributed by atoms with van der Waals surface area (Å²) in [5.41, 5.74) is 7.67. The normalized spacial score (nSPS) is 18.8. The minimum atomic E-state index is 0.408. The summed E-state index contributed by atoms with van der Waals surface area (Å²) < 4.78 is 0. The highest BCUT2D eigenvalue weighted by Crippen LogP contribution is 2.36. The van der Waals surface area contributed by atoms with E-state index in [0.29, 0.717) is 4.99 Å². The third kappa shape index (κ3) is 3.47. The van der Waals surface area contributed by atoms with Gasteiger partial charge in [0.1, 0.15) is 4.99 Å². The number of nitrogens with zero attached hydrogens (tertiary/aromatic N) is 1. The molecule has 2 aliphatic carbocycles. The molecular weight excluding hydrogens is 276 g/mol. The molecule has 2 aliphatic rings. The van der Waals surface area contributed by atoms with Crippen LogP contribution < -0.4 is 5.73 Å². The van der Waals surface area contributed by atoms with Gasteiger partial charge >= 0.3 is 0 Å². The van der Waals surface area contributed by atoms with Crippen molar-refractivity contribution in [3.63, 3.8) is 0 Å². The molecule has 0 radical (unpaired) electrons. The molecule has 0 spiro atoms. The van der Waals surface area contributed by atoms with Crippen LogP contribution in [0.15, 0.2) is 18.2 Å². The van der Waals surface area contributed by atoms with Gasteiger partial charge in [-0.05, 0) is 43.2 Å². The van der Waals surface area contributed by atoms with Crippen LogP contribution in [0.25, 0.3) is 0 Å². The molecule has 0 bridgehead atoms. The molecule has 0 saturated heterocycles. The summed E-state index contributed by atoms with van der Waals surface area (Å²) in [6, 6.07) is 6.72. The lowest BCUT2D eigenvalue weighted by molar-refractivity contribution is 0.244. The second kappa shape index (κ2) is 5.39. The Hall–Kier alpha value is -0.640. The van der Waals surface area contributed by atoms with Crippen LogP contribution in [-0.2, 0) is 6.54 Å². The highest BCUT2D eigenvalue weighted by Gasteiger charge is 2.33. The van der Waals surface area contributed by atoms with E-state index in [1.165, 1.54) is 37.8 Å². The van der Waals surface area contributed by atoms with Crippen molar-refractivity contribution in [1.29, 1.82) is 0 Å². The maximum absolute atomic E-state index is 6.35. The van der Waals surface area contributed by atoms with Crippen LogP contribution in [0, 0.1) is 5.92 Å². The van der Waals surface area contributed by atoms with E-state index >= 15 is 0 Å². The molecule has 0 heterocycles. The van der Waals surface area contributed by atoms with Crippen molar-refractivity contribution < 1.29 is 0 Å². The van der Waals surface area contributed by atoms with Crippen molar-refractivity contribution in [2.75, 3.05) is 6.54 Å². The number of halogens is 1. The van der Waals surface area contributed by atoms with E-state index in [4.69, 9.17) is 29.6 Å². The maximum Gasteiger partial charge on any atom is 0.104 e. The topological polar surface area (TPSA) is 29.3 Å². The highest BCUT2D eigenvalue weighted by molar-refractivity contribution is 7.80. The van der Waals surface area contributed by atoms with E-state index in [1.54, 1.807) is 0 Å². The summed E-state index contributed by atoms with van der Waals surface area (Å²) in [5.74, 6) is 0.926. The average molecular weight is 295 g/mol. The Balaban J connectivity index is 1.71. The smallest absolute Gasteiger partial charge is 0.104 e. The molecule has 1 aromatic carbocycles. The first-order chi connectivity index (χ1) is 9.13. The summed E-state index contributed by atoms with van der Waals surface area (Å²) in [6.07, 6.45) is 5.49. The Labute approximate surface area is 124 Å². The summed E-state index contributed by atoms with van der Waals surface area (Å²) in [5, 5.41) is 0.784. The lowest BCUT2D eigenvalue weighted by atomic mass is 10.1. The predicted octanol–water partition coefficient (Wildman–Crippen LogP) is 3.35. The fourth-order valence-electron chi connectivity index (χ4n) is 2.46. The third-order valence-electron chi connectivity index (χ3n) is 3.96. The second-order valence-corrected chi connectivity index (χ2v) is 6.62. The van der Waals surface area contributed by atoms with Crippen molar-refractivity contribution in [1.82, 2.24) is 4.90 Å². The molecule has 0 atom stereocenters. The van der Waals surface area contributed by atoms with E-state index < -0.39 is 0 Å². The molecule has 0 aliphatic heterocycles. The van der Waals surface area contributed by atoms with Crippen LogP contribution in [0.2, 0.25) is 5.02 Å². The van der Waals surface area contributed by atoms with Gasteiger partial charge in [0.25, 0.3) is 0 Å². The molecule has 19 heavy (non-hydrogen) atoms. The number of hydrogen-bond acceptors (Lipinski definition) is 2. The second-order valence-electron chi connectivity index (χ2n) is 5.77. The molecule has 2 N–H and O–H groups in total. The summed E-state index contributed by atoms with van der Waals surface area (Å²) >= 11 is 11.3. The SMILES string of the molecule is NC(=S)c1ccc(CN(CC2CC2)C2CC2)c(Cl)c1. The first kappa shape index (κ1) is 13.3. The van der Waals surface area contributed by atoms with Crippen molar-refractivity contribution >= 4 is 28.8 Å². The van der Waals surface area contributed by atoms with E-state index in [0.717, 1.165) is 29.1 Å². The van der Waals surface area contributed by atoms with E-state index in [-0.39, 0.29) is 0 Å². The summed E-state index contributed by atoms with van der Waals surface area (Å²) in [4.78, 5) is 3.00. The fraction of sp³-hybridized carbons (Fsp3) is 0.533. The largest absolute Gasteiger partial charge is 0.389 e. The molecule has 0 amide bonds. The Morgan fingerprint density at radius 2 is 2.05 bits per heavy atom. The molecule has 2 nitrogen and oxygen atoms in total. The Kier molecular flexibility index (Phi) is 3.79. The molecule has 3 rings (SSSR count). The molecule has 2 fully saturated rings. The van der Waals surface area contributed by atoms with Crippen LogP contribution >= 0.6 is 23.8 Å². The lowest BCUT2D eigenvalue weighted by Gasteiger charge is -2.22. The van der Waals surface area contributed by atoms with Gasteiger partial charge in [0.2, 0.25) is 0 Å². The van der Waals surface area contributed by atoms with Crippen LogP contribution in [0.4, 0.5) is 0 Å². The van der Waals surface area contributed by atoms with Crippen molar-refractivity contribution in [2.24, 2.45) is 11.7 Å². The minimum Gasteiger partial charge on any atom is -0.389 e. The summed E-state index contributed by atoms with van der Waals surface area (Å²) in [7, 11) is 0. The number of hydrogen-bond donors (Lipinski definition) is 1. The van der Waals surface area contributed by atoms with Crippen LogP contribution in [-0.4, -0.2) is 22.5 Å². The van der Waals surface area contributed by atoms with E-state index in [9.17, 15) is 0 Å². The van der Waals surface area contributed by atoms with Gasteiger partial charge in [-0.15, -0.1) is 0 Å². The van der Waals surface area contributed by atoms with Gasteiger partial charge in [-0.3, -0.25) is 4.90 Å². The van der Waals surface area contributed by atoms with Gasteiger partial charge in [0, 0.05) is 29.7 Å². The molecule has 1 aromatic rings. The molecule has 4 heteroatoms. The monoisotopic (exact) mass is 294 g/mol. The average Bonchev–Trinajstić information content (AvgIpc) is 3.24. The first-order valence-electron chi connectivity index (χ1n) is 6.96. The fourth-order valence-corrected chi connectivity index (χ4v) is 2.83. The molecule has 2 saturated carbocycles. The number of rotatable bonds is 6. The van der Waals surface area contributed by atoms with E-state index in [2.05, 4.69) is 11.0 Å². The number of benzene rings is 1. The van der Waals surface area contributed by atoms with Gasteiger partial charge in [0.05, 0.1) is 0 Å². The minimum absolute atomic E-state index is 0.408. The number of thiocarbonyl (C=S) groups is 1. The van der Waals surface area contributed by atoms with Crippen molar-refractivity contribution in [2.45, 2.75) is 38.3 Å². The molecule has 0 unspecified atom stereocenters. The zero-order chi connectivity index (χ0) is 13.4. The lowest BCUT2D eigenvalue weighted by Crippen LogP contribution is -2.28. The van der Waals surface area contributed by atoms with Gasteiger partial charge in [-0.2, -0.15) is 0 Å². The van der Waals surface area contributed by atoms with Gasteiger partial charge in [-0.25, -0.2) is 0 Å². The van der Waals surface area contributed by atoms with Crippen LogP contribution in [0.5, 0.6) is 0 Å². The van der Waals surface area contributed by atoms with Crippen LogP contribution in [0.3, 0.4) is 0 Å². The van der Waals surface area contributed by atoms with Crippen LogP contribution in [0.1, 0.15) is 36.8 Å². The zero-order valence-corrected chi connectivity index (χ0v) is 12.5. The number of nitrogens with two attached hydrogens (primary N) is 1. The Morgan fingerprint density at radius 1 is 1.32 bits per heavy atom. The zero-order valence-electron chi connectivity index (χ0n) is 10.9. The van der Waals surface area contributed by atoms with Crippen molar-refractivity contribution in [3.8, 4) is 0 Å². The summed E-state index contributed by atoms with van der Waals surface area (Å²) in [6.45, 7) is 2.19. The standard InChI is InChI=1S/C15H19ClN2S/c16-14-7-11(15(17)19)3-4-12(14)9-18(13-5-6-13)8-10-1-2-10/h3-4,7,10,13H,1-2,5-6,8-9H2,(H2,17,19). The van der Waals surface area contributed by atoms with Crippen molar-refractivity contribution in [3.05, 3.63) is 34.3 Å². The first-order valence-corrected chi connectivity index (χ1v) is 7.74. The predicted molar refractivity (Wildman–Crippen MR) is 83.5 cm³/mol. The quantitative estimate of drug-likeness (QED) is 0.816. The Bertz CT molecular complexity index is 495. The van der Waals surface area contributed by atoms with Gasteiger partial charge < -0.3 is 5.73 Å². The third-order valence-corrected chi connectivity index (χ3v) is 4.55. The van der Waals surface area contributed by atoms with Gasteiger partial charge in [-0.1, -0.05) is 36.0 Å². The highest BCUT2D eigenvalue weighted by atomic mass is 35.5. The molecular formula is C15H19ClN2S. The van der Waals surface area contributed by atoms with Gasteiger partial charge in [0.15, 0.2) is 0 Å². The molecule has 0 aromatic heterocycles.